The van der Waals surface area contributed by atoms with Crippen LogP contribution in [-0.2, 0) is 0 Å². The van der Waals surface area contributed by atoms with Crippen molar-refractivity contribution >= 4 is 42.3 Å². The summed E-state index contributed by atoms with van der Waals surface area (Å²) in [6.45, 7) is 0. The molecule has 0 saturated heterocycles. The number of fused-ring (bicyclic) bond motifs is 4. The summed E-state index contributed by atoms with van der Waals surface area (Å²) >= 11 is 1.84. The van der Waals surface area contributed by atoms with E-state index in [9.17, 15) is 0 Å². The van der Waals surface area contributed by atoms with Crippen molar-refractivity contribution in [3.63, 3.8) is 0 Å². The van der Waals surface area contributed by atoms with Crippen molar-refractivity contribution in [2.24, 2.45) is 0 Å². The molecule has 0 aliphatic heterocycles. The van der Waals surface area contributed by atoms with Gasteiger partial charge in [-0.2, -0.15) is 0 Å². The van der Waals surface area contributed by atoms with Crippen LogP contribution in [0, 0.1) is 0 Å². The zero-order valence-electron chi connectivity index (χ0n) is 28.6. The molecule has 10 rings (SSSR count). The van der Waals surface area contributed by atoms with E-state index >= 15 is 0 Å². The van der Waals surface area contributed by atoms with Crippen LogP contribution in [0.3, 0.4) is 0 Å². The lowest BCUT2D eigenvalue weighted by Crippen LogP contribution is -1.97. The molecule has 0 saturated carbocycles. The van der Waals surface area contributed by atoms with E-state index in [1.807, 2.05) is 41.8 Å². The first-order valence-corrected chi connectivity index (χ1v) is 18.6. The number of aromatic nitrogens is 3. The van der Waals surface area contributed by atoms with E-state index in [1.165, 1.54) is 36.5 Å². The van der Waals surface area contributed by atoms with E-state index in [1.54, 1.807) is 6.20 Å². The number of hydrogen-bond donors (Lipinski definition) is 0. The summed E-state index contributed by atoms with van der Waals surface area (Å²) in [5.41, 5.74) is 11.5. The Bertz CT molecular complexity index is 2950. The molecule has 4 heteroatoms. The second-order valence-corrected chi connectivity index (χ2v) is 14.4. The highest BCUT2D eigenvalue weighted by molar-refractivity contribution is 7.25. The second kappa shape index (κ2) is 13.1. The number of rotatable bonds is 6. The van der Waals surface area contributed by atoms with Gasteiger partial charge >= 0.3 is 0 Å². The monoisotopic (exact) mass is 693 g/mol. The zero-order valence-corrected chi connectivity index (χ0v) is 29.5. The van der Waals surface area contributed by atoms with E-state index in [2.05, 4.69) is 157 Å². The van der Waals surface area contributed by atoms with Crippen LogP contribution >= 0.6 is 11.3 Å². The highest BCUT2D eigenvalue weighted by Gasteiger charge is 2.15. The largest absolute Gasteiger partial charge is 0.264 e. The molecule has 0 amide bonds. The van der Waals surface area contributed by atoms with Crippen LogP contribution in [-0.4, -0.2) is 15.0 Å². The second-order valence-electron chi connectivity index (χ2n) is 13.3. The van der Waals surface area contributed by atoms with Gasteiger partial charge in [-0.05, 0) is 99.3 Å². The third-order valence-corrected chi connectivity index (χ3v) is 11.1. The minimum atomic E-state index is 0.689. The van der Waals surface area contributed by atoms with Crippen molar-refractivity contribution < 1.29 is 0 Å². The quantitative estimate of drug-likeness (QED) is 0.174. The first-order chi connectivity index (χ1) is 26.2. The van der Waals surface area contributed by atoms with Gasteiger partial charge in [0.25, 0.3) is 0 Å². The number of hydrogen-bond acceptors (Lipinski definition) is 4. The average molecular weight is 694 g/mol. The molecule has 0 N–H and O–H groups in total. The van der Waals surface area contributed by atoms with Crippen LogP contribution in [0.5, 0.6) is 0 Å². The number of benzene rings is 7. The Labute approximate surface area is 311 Å². The predicted octanol–water partition coefficient (Wildman–Crippen LogP) is 13.4. The first-order valence-electron chi connectivity index (χ1n) is 17.7. The van der Waals surface area contributed by atoms with Gasteiger partial charge in [0, 0.05) is 54.8 Å². The van der Waals surface area contributed by atoms with Crippen molar-refractivity contribution in [3.8, 4) is 67.3 Å². The summed E-state index contributed by atoms with van der Waals surface area (Å²) in [6.07, 6.45) is 3.70. The Balaban J connectivity index is 1.19. The van der Waals surface area contributed by atoms with Gasteiger partial charge in [-0.1, -0.05) is 115 Å². The summed E-state index contributed by atoms with van der Waals surface area (Å²) < 4.78 is 2.60. The Kier molecular flexibility index (Phi) is 7.67. The van der Waals surface area contributed by atoms with Gasteiger partial charge in [-0.15, -0.1) is 11.3 Å². The van der Waals surface area contributed by atoms with Crippen LogP contribution in [0.15, 0.2) is 188 Å². The van der Waals surface area contributed by atoms with E-state index in [0.717, 1.165) is 55.9 Å². The highest BCUT2D eigenvalue weighted by atomic mass is 32.1. The first kappa shape index (κ1) is 31.0. The van der Waals surface area contributed by atoms with Gasteiger partial charge in [-0.3, -0.25) is 4.98 Å². The molecule has 248 valence electrons. The van der Waals surface area contributed by atoms with Gasteiger partial charge in [0.15, 0.2) is 5.82 Å². The van der Waals surface area contributed by atoms with E-state index in [4.69, 9.17) is 9.97 Å². The smallest absolute Gasteiger partial charge is 0.160 e. The van der Waals surface area contributed by atoms with Crippen molar-refractivity contribution in [2.45, 2.75) is 0 Å². The van der Waals surface area contributed by atoms with Crippen molar-refractivity contribution in [1.82, 2.24) is 15.0 Å². The Morgan fingerprint density at radius 3 is 1.81 bits per heavy atom. The van der Waals surface area contributed by atoms with Crippen molar-refractivity contribution in [1.29, 1.82) is 0 Å². The molecule has 10 aromatic rings. The average Bonchev–Trinajstić information content (AvgIpc) is 3.62. The highest BCUT2D eigenvalue weighted by Crippen LogP contribution is 2.39. The van der Waals surface area contributed by atoms with Crippen LogP contribution < -0.4 is 0 Å². The molecule has 3 nitrogen and oxygen atoms in total. The van der Waals surface area contributed by atoms with Gasteiger partial charge in [0.2, 0.25) is 0 Å². The van der Waals surface area contributed by atoms with Crippen molar-refractivity contribution in [3.05, 3.63) is 188 Å². The van der Waals surface area contributed by atoms with E-state index < -0.39 is 0 Å². The summed E-state index contributed by atoms with van der Waals surface area (Å²) in [4.78, 5) is 14.8. The summed E-state index contributed by atoms with van der Waals surface area (Å²) in [5, 5.41) is 5.02. The minimum Gasteiger partial charge on any atom is -0.264 e. The molecule has 0 atom stereocenters. The third kappa shape index (κ3) is 5.95. The van der Waals surface area contributed by atoms with Crippen LogP contribution in [0.2, 0.25) is 0 Å². The topological polar surface area (TPSA) is 38.7 Å². The molecule has 3 aromatic heterocycles. The number of pyridine rings is 1. The molecular weight excluding hydrogens is 663 g/mol. The SMILES string of the molecule is c1ccc(-c2nc(-c3cccc(-c4cccnc4)c3)cc(-c3cc(-c4ccc5ccccc5c4)cc(-c4ccc5sc6ccccc6c5c4)c3)n2)cc1. The summed E-state index contributed by atoms with van der Waals surface area (Å²) in [5.74, 6) is 0.689. The molecule has 0 unspecified atom stereocenters. The number of nitrogens with zero attached hydrogens (tertiary/aromatic N) is 3. The Morgan fingerprint density at radius 1 is 0.340 bits per heavy atom. The fraction of sp³-hybridized carbons (Fsp3) is 0. The van der Waals surface area contributed by atoms with Gasteiger partial charge in [0.05, 0.1) is 11.4 Å². The zero-order chi connectivity index (χ0) is 35.1. The normalized spacial score (nSPS) is 11.4. The molecular formula is C49H31N3S. The summed E-state index contributed by atoms with van der Waals surface area (Å²) in [7, 11) is 0. The van der Waals surface area contributed by atoms with Crippen LogP contribution in [0.4, 0.5) is 0 Å². The lowest BCUT2D eigenvalue weighted by Gasteiger charge is -2.14. The third-order valence-electron chi connectivity index (χ3n) is 9.93. The summed E-state index contributed by atoms with van der Waals surface area (Å²) in [6, 6.07) is 62.7. The van der Waals surface area contributed by atoms with Crippen LogP contribution in [0.25, 0.3) is 98.2 Å². The molecule has 7 aromatic carbocycles. The molecule has 0 aliphatic rings. The molecule has 0 spiro atoms. The minimum absolute atomic E-state index is 0.689. The maximum absolute atomic E-state index is 5.26. The fourth-order valence-electron chi connectivity index (χ4n) is 7.23. The number of thiophene rings is 1. The molecule has 0 bridgehead atoms. The molecule has 0 radical (unpaired) electrons. The van der Waals surface area contributed by atoms with Crippen LogP contribution in [0.1, 0.15) is 0 Å². The van der Waals surface area contributed by atoms with Gasteiger partial charge in [-0.25, -0.2) is 9.97 Å². The predicted molar refractivity (Wildman–Crippen MR) is 223 cm³/mol. The van der Waals surface area contributed by atoms with E-state index in [-0.39, 0.29) is 0 Å². The molecule has 53 heavy (non-hydrogen) atoms. The fourth-order valence-corrected chi connectivity index (χ4v) is 8.32. The van der Waals surface area contributed by atoms with Crippen molar-refractivity contribution in [2.75, 3.05) is 0 Å². The maximum Gasteiger partial charge on any atom is 0.160 e. The molecule has 0 fully saturated rings. The van der Waals surface area contributed by atoms with Gasteiger partial charge < -0.3 is 0 Å². The lowest BCUT2D eigenvalue weighted by atomic mass is 9.93. The molecule has 3 heterocycles. The standard InChI is InChI=1S/C49H31N3S/c1-2-11-33(12-3-1)49-51-45(38-15-8-14-35(25-38)39-16-9-23-50-31-39)30-46(52-49)42-27-40(36-20-19-32-10-4-5-13-34(32)24-36)26-41(28-42)37-21-22-48-44(29-37)43-17-6-7-18-47(43)53-48/h1-31H. The Hall–Kier alpha value is -6.75. The lowest BCUT2D eigenvalue weighted by molar-refractivity contribution is 1.18. The molecule has 0 aliphatic carbocycles. The van der Waals surface area contributed by atoms with Gasteiger partial charge in [0.1, 0.15) is 0 Å². The van der Waals surface area contributed by atoms with E-state index in [0.29, 0.717) is 5.82 Å². The maximum atomic E-state index is 5.26. The Morgan fingerprint density at radius 2 is 0.962 bits per heavy atom.